The van der Waals surface area contributed by atoms with Crippen LogP contribution in [0.4, 0.5) is 5.69 Å². The summed E-state index contributed by atoms with van der Waals surface area (Å²) in [6.45, 7) is 0. The summed E-state index contributed by atoms with van der Waals surface area (Å²) in [7, 11) is 0.959. The zero-order valence-corrected chi connectivity index (χ0v) is 23.1. The van der Waals surface area contributed by atoms with E-state index in [4.69, 9.17) is 14.2 Å². The van der Waals surface area contributed by atoms with Crippen LogP contribution in [-0.2, 0) is 10.0 Å². The standard InChI is InChI=1S/C24H23Br2N3O5S/c1-32-21-10-15(11-22(33-2)24(21)34-3)20-13-19(27-28-20)14-4-7-17(8-5-14)29-35(30,31)23-12-16(25)6-9-18(23)26/h4-12,20,28-29H,13H2,1-3H3. The molecule has 0 saturated carbocycles. The van der Waals surface area contributed by atoms with E-state index in [-0.39, 0.29) is 10.9 Å². The van der Waals surface area contributed by atoms with Crippen molar-refractivity contribution in [3.8, 4) is 17.2 Å². The molecule has 1 aliphatic rings. The van der Waals surface area contributed by atoms with E-state index >= 15 is 0 Å². The van der Waals surface area contributed by atoms with Crippen LogP contribution in [-0.4, -0.2) is 35.5 Å². The third-order valence-electron chi connectivity index (χ3n) is 5.50. The van der Waals surface area contributed by atoms with Crippen LogP contribution < -0.4 is 24.4 Å². The summed E-state index contributed by atoms with van der Waals surface area (Å²) in [4.78, 5) is 0.147. The first kappa shape index (κ1) is 25.3. The van der Waals surface area contributed by atoms with E-state index in [0.717, 1.165) is 16.8 Å². The Morgan fingerprint density at radius 1 is 0.943 bits per heavy atom. The van der Waals surface area contributed by atoms with Gasteiger partial charge in [-0.25, -0.2) is 8.42 Å². The van der Waals surface area contributed by atoms with Crippen molar-refractivity contribution in [1.29, 1.82) is 0 Å². The number of rotatable bonds is 8. The molecule has 0 aromatic heterocycles. The topological polar surface area (TPSA) is 98.2 Å². The fourth-order valence-electron chi connectivity index (χ4n) is 3.74. The lowest BCUT2D eigenvalue weighted by molar-refractivity contribution is 0.323. The van der Waals surface area contributed by atoms with Crippen LogP contribution in [0.15, 0.2) is 73.5 Å². The molecule has 0 amide bonds. The predicted molar refractivity (Wildman–Crippen MR) is 142 cm³/mol. The second-order valence-corrected chi connectivity index (χ2v) is 11.1. The number of hydrazone groups is 1. The van der Waals surface area contributed by atoms with Crippen molar-refractivity contribution in [3.05, 3.63) is 74.7 Å². The zero-order chi connectivity index (χ0) is 25.2. The molecule has 2 N–H and O–H groups in total. The van der Waals surface area contributed by atoms with E-state index in [0.29, 0.717) is 38.3 Å². The molecule has 1 heterocycles. The molecule has 3 aromatic carbocycles. The van der Waals surface area contributed by atoms with Crippen LogP contribution in [0.25, 0.3) is 0 Å². The molecule has 3 aromatic rings. The molecule has 0 spiro atoms. The van der Waals surface area contributed by atoms with Crippen LogP contribution in [0.3, 0.4) is 0 Å². The van der Waals surface area contributed by atoms with E-state index < -0.39 is 10.0 Å². The molecule has 11 heteroatoms. The van der Waals surface area contributed by atoms with Crippen LogP contribution in [0, 0.1) is 0 Å². The Balaban J connectivity index is 1.49. The third kappa shape index (κ3) is 5.41. The molecule has 184 valence electrons. The van der Waals surface area contributed by atoms with Gasteiger partial charge in [-0.1, -0.05) is 28.1 Å². The average molecular weight is 625 g/mol. The van der Waals surface area contributed by atoms with E-state index in [9.17, 15) is 8.42 Å². The van der Waals surface area contributed by atoms with Crippen molar-refractivity contribution >= 4 is 53.3 Å². The number of sulfonamides is 1. The molecule has 35 heavy (non-hydrogen) atoms. The number of nitrogens with one attached hydrogen (secondary N) is 2. The smallest absolute Gasteiger partial charge is 0.263 e. The highest BCUT2D eigenvalue weighted by Gasteiger charge is 2.25. The number of ether oxygens (including phenoxy) is 3. The van der Waals surface area contributed by atoms with Crippen molar-refractivity contribution in [2.75, 3.05) is 26.1 Å². The van der Waals surface area contributed by atoms with Crippen LogP contribution >= 0.6 is 31.9 Å². The number of benzene rings is 3. The Morgan fingerprint density at radius 3 is 2.20 bits per heavy atom. The fraction of sp³-hybridized carbons (Fsp3) is 0.208. The maximum atomic E-state index is 12.8. The normalized spacial score (nSPS) is 15.2. The lowest BCUT2D eigenvalue weighted by Crippen LogP contribution is -2.13. The average Bonchev–Trinajstić information content (AvgIpc) is 3.35. The van der Waals surface area contributed by atoms with Crippen molar-refractivity contribution in [2.24, 2.45) is 5.10 Å². The van der Waals surface area contributed by atoms with Gasteiger partial charge in [0, 0.05) is 21.1 Å². The van der Waals surface area contributed by atoms with Gasteiger partial charge in [-0.15, -0.1) is 0 Å². The van der Waals surface area contributed by atoms with E-state index in [1.807, 2.05) is 24.3 Å². The highest BCUT2D eigenvalue weighted by molar-refractivity contribution is 9.11. The van der Waals surface area contributed by atoms with Crippen LogP contribution in [0.1, 0.15) is 23.6 Å². The molecule has 8 nitrogen and oxygen atoms in total. The maximum Gasteiger partial charge on any atom is 0.263 e. The number of hydrogen-bond acceptors (Lipinski definition) is 7. The van der Waals surface area contributed by atoms with Crippen molar-refractivity contribution in [3.63, 3.8) is 0 Å². The lowest BCUT2D eigenvalue weighted by Gasteiger charge is -2.17. The molecule has 1 atom stereocenters. The molecular formula is C24H23Br2N3O5S. The summed E-state index contributed by atoms with van der Waals surface area (Å²) in [6, 6.07) is 15.8. The first-order chi connectivity index (χ1) is 16.7. The maximum absolute atomic E-state index is 12.8. The number of anilines is 1. The van der Waals surface area contributed by atoms with Crippen LogP contribution in [0.5, 0.6) is 17.2 Å². The second kappa shape index (κ2) is 10.5. The summed E-state index contributed by atoms with van der Waals surface area (Å²) in [5, 5.41) is 4.49. The Morgan fingerprint density at radius 2 is 1.60 bits per heavy atom. The third-order valence-corrected chi connectivity index (χ3v) is 8.36. The van der Waals surface area contributed by atoms with Crippen LogP contribution in [0.2, 0.25) is 0 Å². The number of hydrogen-bond donors (Lipinski definition) is 2. The van der Waals surface area contributed by atoms with E-state index in [1.54, 1.807) is 51.7 Å². The summed E-state index contributed by atoms with van der Waals surface area (Å²) in [6.07, 6.45) is 0.634. The molecule has 0 saturated heterocycles. The molecule has 0 aliphatic carbocycles. The molecule has 1 unspecified atom stereocenters. The largest absolute Gasteiger partial charge is 0.493 e. The van der Waals surface area contributed by atoms with Gasteiger partial charge in [-0.05, 0) is 69.5 Å². The van der Waals surface area contributed by atoms with Crippen molar-refractivity contribution < 1.29 is 22.6 Å². The van der Waals surface area contributed by atoms with E-state index in [2.05, 4.69) is 47.1 Å². The van der Waals surface area contributed by atoms with Gasteiger partial charge in [0.15, 0.2) is 11.5 Å². The van der Waals surface area contributed by atoms with Crippen molar-refractivity contribution in [2.45, 2.75) is 17.4 Å². The molecule has 4 rings (SSSR count). The summed E-state index contributed by atoms with van der Waals surface area (Å²) in [5.41, 5.74) is 6.30. The predicted octanol–water partition coefficient (Wildman–Crippen LogP) is 5.48. The van der Waals surface area contributed by atoms with Crippen molar-refractivity contribution in [1.82, 2.24) is 5.43 Å². The monoisotopic (exact) mass is 623 g/mol. The van der Waals surface area contributed by atoms with Gasteiger partial charge < -0.3 is 19.6 Å². The molecule has 0 fully saturated rings. The minimum Gasteiger partial charge on any atom is -0.493 e. The van der Waals surface area contributed by atoms with Gasteiger partial charge in [-0.3, -0.25) is 4.72 Å². The Bertz CT molecular complexity index is 1350. The fourth-order valence-corrected chi connectivity index (χ4v) is 6.30. The summed E-state index contributed by atoms with van der Waals surface area (Å²) >= 11 is 6.62. The van der Waals surface area contributed by atoms with Gasteiger partial charge in [0.25, 0.3) is 10.0 Å². The molecular weight excluding hydrogens is 602 g/mol. The molecule has 0 radical (unpaired) electrons. The van der Waals surface area contributed by atoms with Gasteiger partial charge in [0.2, 0.25) is 5.75 Å². The highest BCUT2D eigenvalue weighted by atomic mass is 79.9. The Kier molecular flexibility index (Phi) is 7.58. The zero-order valence-electron chi connectivity index (χ0n) is 19.1. The first-order valence-electron chi connectivity index (χ1n) is 10.5. The highest BCUT2D eigenvalue weighted by Crippen LogP contribution is 2.41. The van der Waals surface area contributed by atoms with Gasteiger partial charge >= 0.3 is 0 Å². The van der Waals surface area contributed by atoms with Gasteiger partial charge in [0.1, 0.15) is 4.90 Å². The number of methoxy groups -OCH3 is 3. The first-order valence-corrected chi connectivity index (χ1v) is 13.5. The number of nitrogens with zero attached hydrogens (tertiary/aromatic N) is 1. The lowest BCUT2D eigenvalue weighted by atomic mass is 9.98. The van der Waals surface area contributed by atoms with Gasteiger partial charge in [-0.2, -0.15) is 5.10 Å². The second-order valence-electron chi connectivity index (χ2n) is 7.66. The quantitative estimate of drug-likeness (QED) is 0.345. The minimum absolute atomic E-state index is 0.0780. The summed E-state index contributed by atoms with van der Waals surface area (Å²) in [5.74, 6) is 1.68. The number of halogens is 2. The SMILES string of the molecule is COc1cc(C2CC(c3ccc(NS(=O)(=O)c4cc(Br)ccc4Br)cc3)=NN2)cc(OC)c1OC. The summed E-state index contributed by atoms with van der Waals surface area (Å²) < 4.78 is 45.8. The van der Waals surface area contributed by atoms with E-state index in [1.165, 1.54) is 0 Å². The van der Waals surface area contributed by atoms with Gasteiger partial charge in [0.05, 0.1) is 33.1 Å². The molecule has 0 bridgehead atoms. The minimum atomic E-state index is -3.77. The Labute approximate surface area is 221 Å². The molecule has 1 aliphatic heterocycles. The Hall–Kier alpha value is -2.76.